The molecule has 0 aliphatic carbocycles. The van der Waals surface area contributed by atoms with Crippen molar-refractivity contribution in [1.82, 2.24) is 5.32 Å². The number of thiocarbonyl (C=S) groups is 1. The highest BCUT2D eigenvalue weighted by atomic mass is 32.1. The van der Waals surface area contributed by atoms with Crippen molar-refractivity contribution < 1.29 is 24.2 Å². The fourth-order valence-corrected chi connectivity index (χ4v) is 3.73. The summed E-state index contributed by atoms with van der Waals surface area (Å²) in [5, 5.41) is 11.6. The van der Waals surface area contributed by atoms with Gasteiger partial charge in [0.25, 0.3) is 11.8 Å². The average Bonchev–Trinajstić information content (AvgIpc) is 2.81. The molecular weight excluding hydrogens is 452 g/mol. The second-order valence-corrected chi connectivity index (χ2v) is 8.01. The van der Waals surface area contributed by atoms with E-state index in [1.165, 1.54) is 23.1 Å². The first-order chi connectivity index (χ1) is 16.3. The van der Waals surface area contributed by atoms with Gasteiger partial charge in [-0.05, 0) is 66.7 Å². The van der Waals surface area contributed by atoms with Crippen LogP contribution in [0.4, 0.5) is 5.69 Å². The fraction of sp³-hybridized carbons (Fsp3) is 0.0769. The molecule has 1 saturated heterocycles. The maximum atomic E-state index is 13.3. The number of aryl methyl sites for hydroxylation is 1. The lowest BCUT2D eigenvalue weighted by Crippen LogP contribution is -2.54. The summed E-state index contributed by atoms with van der Waals surface area (Å²) in [6, 6.07) is 20.6. The third-order valence-corrected chi connectivity index (χ3v) is 5.46. The number of hydrogen-bond donors (Lipinski definition) is 2. The number of carbonyl (C=O) groups excluding carboxylic acids is 2. The average molecular weight is 473 g/mol. The number of carboxylic acid groups (broad SMARTS) is 1. The zero-order valence-electron chi connectivity index (χ0n) is 18.1. The molecule has 0 saturated carbocycles. The number of para-hydroxylation sites is 1. The Morgan fingerprint density at radius 3 is 2.50 bits per heavy atom. The van der Waals surface area contributed by atoms with Gasteiger partial charge in [-0.1, -0.05) is 42.5 Å². The molecule has 1 fully saturated rings. The molecule has 2 N–H and O–H groups in total. The van der Waals surface area contributed by atoms with Gasteiger partial charge in [0.2, 0.25) is 0 Å². The second-order valence-electron chi connectivity index (χ2n) is 7.63. The largest absolute Gasteiger partial charge is 0.488 e. The number of ether oxygens (including phenoxy) is 1. The minimum absolute atomic E-state index is 0.0205. The van der Waals surface area contributed by atoms with Crippen LogP contribution in [0.1, 0.15) is 27.0 Å². The van der Waals surface area contributed by atoms with Gasteiger partial charge in [0.15, 0.2) is 5.11 Å². The van der Waals surface area contributed by atoms with E-state index in [1.807, 2.05) is 25.1 Å². The van der Waals surface area contributed by atoms with Crippen molar-refractivity contribution in [3.8, 4) is 5.75 Å². The Morgan fingerprint density at radius 2 is 1.79 bits per heavy atom. The molecule has 0 aromatic heterocycles. The van der Waals surface area contributed by atoms with Crippen LogP contribution in [-0.4, -0.2) is 28.0 Å². The van der Waals surface area contributed by atoms with Gasteiger partial charge in [-0.25, -0.2) is 4.79 Å². The number of rotatable bonds is 6. The van der Waals surface area contributed by atoms with Crippen LogP contribution in [0, 0.1) is 6.92 Å². The van der Waals surface area contributed by atoms with Crippen molar-refractivity contribution in [2.24, 2.45) is 0 Å². The Balaban J connectivity index is 1.60. The molecule has 2 amide bonds. The molecule has 0 spiro atoms. The standard InChI is InChI=1S/C26H20N2O5S/c1-16-5-4-7-20(13-16)28-24(30)21(23(29)27-26(28)34)14-19-6-2-3-8-22(19)33-15-17-9-11-18(12-10-17)25(31)32/h2-14H,15H2,1H3,(H,31,32)(H,27,29,34)/b21-14-. The van der Waals surface area contributed by atoms with Crippen molar-refractivity contribution in [1.29, 1.82) is 0 Å². The molecule has 7 nitrogen and oxygen atoms in total. The lowest BCUT2D eigenvalue weighted by Gasteiger charge is -2.29. The quantitative estimate of drug-likeness (QED) is 0.319. The third-order valence-electron chi connectivity index (χ3n) is 5.18. The first kappa shape index (κ1) is 22.9. The van der Waals surface area contributed by atoms with Gasteiger partial charge in [0.1, 0.15) is 17.9 Å². The SMILES string of the molecule is Cc1cccc(N2C(=O)/C(=C\c3ccccc3OCc3ccc(C(=O)O)cc3)C(=O)NC2=S)c1. The molecule has 4 rings (SSSR count). The Kier molecular flexibility index (Phi) is 6.51. The predicted octanol–water partition coefficient (Wildman–Crippen LogP) is 4.10. The van der Waals surface area contributed by atoms with E-state index in [0.717, 1.165) is 11.1 Å². The third kappa shape index (κ3) is 4.87. The molecule has 1 heterocycles. The number of anilines is 1. The number of hydrogen-bond acceptors (Lipinski definition) is 5. The molecule has 1 aliphatic rings. The number of nitrogens with zero attached hydrogens (tertiary/aromatic N) is 1. The van der Waals surface area contributed by atoms with Gasteiger partial charge in [0, 0.05) is 5.56 Å². The van der Waals surface area contributed by atoms with Gasteiger partial charge in [-0.2, -0.15) is 0 Å². The van der Waals surface area contributed by atoms with E-state index in [0.29, 0.717) is 17.0 Å². The molecular formula is C26H20N2O5S. The van der Waals surface area contributed by atoms with Gasteiger partial charge < -0.3 is 9.84 Å². The molecule has 34 heavy (non-hydrogen) atoms. The molecule has 0 radical (unpaired) electrons. The van der Waals surface area contributed by atoms with E-state index < -0.39 is 17.8 Å². The Hall–Kier alpha value is -4.30. The topological polar surface area (TPSA) is 95.9 Å². The molecule has 8 heteroatoms. The molecule has 3 aromatic carbocycles. The van der Waals surface area contributed by atoms with Crippen LogP contribution in [0.15, 0.2) is 78.4 Å². The molecule has 3 aromatic rings. The Labute approximate surface area is 201 Å². The Morgan fingerprint density at radius 1 is 1.06 bits per heavy atom. The van der Waals surface area contributed by atoms with Gasteiger partial charge >= 0.3 is 5.97 Å². The summed E-state index contributed by atoms with van der Waals surface area (Å²) >= 11 is 5.26. The number of nitrogens with one attached hydrogen (secondary N) is 1. The molecule has 0 unspecified atom stereocenters. The summed E-state index contributed by atoms with van der Waals surface area (Å²) in [7, 11) is 0. The first-order valence-electron chi connectivity index (χ1n) is 10.4. The van der Waals surface area contributed by atoms with Crippen molar-refractivity contribution in [2.45, 2.75) is 13.5 Å². The number of carbonyl (C=O) groups is 3. The highest BCUT2D eigenvalue weighted by Crippen LogP contribution is 2.26. The minimum Gasteiger partial charge on any atom is -0.488 e. The van der Waals surface area contributed by atoms with E-state index >= 15 is 0 Å². The smallest absolute Gasteiger partial charge is 0.335 e. The van der Waals surface area contributed by atoms with Crippen LogP contribution in [0.5, 0.6) is 5.75 Å². The van der Waals surface area contributed by atoms with E-state index in [9.17, 15) is 14.4 Å². The van der Waals surface area contributed by atoms with Gasteiger partial charge in [0.05, 0.1) is 11.3 Å². The van der Waals surface area contributed by atoms with Gasteiger partial charge in [-0.15, -0.1) is 0 Å². The minimum atomic E-state index is -1.00. The van der Waals surface area contributed by atoms with Crippen LogP contribution in [0.3, 0.4) is 0 Å². The predicted molar refractivity (Wildman–Crippen MR) is 132 cm³/mol. The fourth-order valence-electron chi connectivity index (χ4n) is 3.45. The van der Waals surface area contributed by atoms with Crippen molar-refractivity contribution >= 4 is 46.9 Å². The second kappa shape index (κ2) is 9.68. The van der Waals surface area contributed by atoms with E-state index in [1.54, 1.807) is 42.5 Å². The number of aromatic carboxylic acids is 1. The monoisotopic (exact) mass is 472 g/mol. The van der Waals surface area contributed by atoms with E-state index in [4.69, 9.17) is 22.1 Å². The van der Waals surface area contributed by atoms with Gasteiger partial charge in [-0.3, -0.25) is 19.8 Å². The summed E-state index contributed by atoms with van der Waals surface area (Å²) in [5.41, 5.74) is 2.94. The summed E-state index contributed by atoms with van der Waals surface area (Å²) in [4.78, 5) is 38.2. The molecule has 170 valence electrons. The molecule has 1 aliphatic heterocycles. The Bertz CT molecular complexity index is 1330. The molecule has 0 atom stereocenters. The lowest BCUT2D eigenvalue weighted by molar-refractivity contribution is -0.122. The summed E-state index contributed by atoms with van der Waals surface area (Å²) in [5.74, 6) is -1.65. The molecule has 0 bridgehead atoms. The maximum absolute atomic E-state index is 13.3. The number of benzene rings is 3. The van der Waals surface area contributed by atoms with Crippen LogP contribution < -0.4 is 15.0 Å². The van der Waals surface area contributed by atoms with Crippen molar-refractivity contribution in [2.75, 3.05) is 4.90 Å². The van der Waals surface area contributed by atoms with Crippen LogP contribution in [0.2, 0.25) is 0 Å². The zero-order valence-corrected chi connectivity index (χ0v) is 19.0. The summed E-state index contributed by atoms with van der Waals surface area (Å²) in [6.07, 6.45) is 1.48. The normalized spacial score (nSPS) is 14.8. The number of amides is 2. The van der Waals surface area contributed by atoms with Crippen LogP contribution >= 0.6 is 12.2 Å². The van der Waals surface area contributed by atoms with E-state index in [-0.39, 0.29) is 22.9 Å². The van der Waals surface area contributed by atoms with E-state index in [2.05, 4.69) is 5.32 Å². The van der Waals surface area contributed by atoms with Crippen molar-refractivity contribution in [3.63, 3.8) is 0 Å². The van der Waals surface area contributed by atoms with Crippen molar-refractivity contribution in [3.05, 3.63) is 101 Å². The maximum Gasteiger partial charge on any atom is 0.335 e. The summed E-state index contributed by atoms with van der Waals surface area (Å²) in [6.45, 7) is 2.08. The zero-order chi connectivity index (χ0) is 24.2. The highest BCUT2D eigenvalue weighted by molar-refractivity contribution is 7.80. The van der Waals surface area contributed by atoms with Crippen LogP contribution in [0.25, 0.3) is 6.08 Å². The number of carboxylic acids is 1. The highest BCUT2D eigenvalue weighted by Gasteiger charge is 2.34. The first-order valence-corrected chi connectivity index (χ1v) is 10.8. The van der Waals surface area contributed by atoms with Crippen LogP contribution in [-0.2, 0) is 16.2 Å². The lowest BCUT2D eigenvalue weighted by atomic mass is 10.1. The summed E-state index contributed by atoms with van der Waals surface area (Å²) < 4.78 is 5.91.